The van der Waals surface area contributed by atoms with Crippen molar-refractivity contribution in [3.8, 4) is 17.2 Å². The number of fused-ring (bicyclic) bond motifs is 3. The van der Waals surface area contributed by atoms with Crippen LogP contribution >= 0.6 is 0 Å². The Bertz CT molecular complexity index is 1620. The Morgan fingerprint density at radius 3 is 1.75 bits per heavy atom. The van der Waals surface area contributed by atoms with Gasteiger partial charge in [-0.3, -0.25) is 0 Å². The van der Waals surface area contributed by atoms with Crippen molar-refractivity contribution in [3.05, 3.63) is 121 Å². The van der Waals surface area contributed by atoms with Gasteiger partial charge in [-0.1, -0.05) is 60.7 Å². The molecule has 6 rings (SSSR count). The first-order chi connectivity index (χ1) is 17.8. The van der Waals surface area contributed by atoms with E-state index in [4.69, 9.17) is 9.47 Å². The van der Waals surface area contributed by atoms with E-state index in [1.165, 1.54) is 16.3 Å². The number of nitrogens with zero attached hydrogens (tertiary/aromatic N) is 2. The summed E-state index contributed by atoms with van der Waals surface area (Å²) in [5.74, 6) is 1.57. The minimum atomic E-state index is 0.787. The van der Waals surface area contributed by atoms with E-state index in [0.29, 0.717) is 0 Å². The van der Waals surface area contributed by atoms with E-state index in [2.05, 4.69) is 88.3 Å². The highest BCUT2D eigenvalue weighted by molar-refractivity contribution is 6.10. The SMILES string of the molecule is COc1ccccc1N(c1ccc2c(c1)c1ccccc1n2-c1ccccc1)c1ccccc1OC. The Kier molecular flexibility index (Phi) is 5.55. The third-order valence-electron chi connectivity index (χ3n) is 6.58. The highest BCUT2D eigenvalue weighted by Crippen LogP contribution is 2.45. The second-order valence-corrected chi connectivity index (χ2v) is 8.57. The fraction of sp³-hybridized carbons (Fsp3) is 0.0625. The molecule has 0 saturated heterocycles. The van der Waals surface area contributed by atoms with Gasteiger partial charge in [0.2, 0.25) is 0 Å². The monoisotopic (exact) mass is 470 g/mol. The molecule has 0 fully saturated rings. The second kappa shape index (κ2) is 9.16. The van der Waals surface area contributed by atoms with Crippen LogP contribution in [-0.2, 0) is 0 Å². The van der Waals surface area contributed by atoms with Crippen LogP contribution in [0.4, 0.5) is 17.1 Å². The topological polar surface area (TPSA) is 26.6 Å². The molecule has 6 aromatic rings. The summed E-state index contributed by atoms with van der Waals surface area (Å²) in [5.41, 5.74) is 6.38. The number of hydrogen-bond acceptors (Lipinski definition) is 3. The molecule has 0 aliphatic carbocycles. The Morgan fingerprint density at radius 2 is 1.08 bits per heavy atom. The minimum Gasteiger partial charge on any atom is -0.495 e. The number of aromatic nitrogens is 1. The molecule has 0 saturated carbocycles. The van der Waals surface area contributed by atoms with Crippen molar-refractivity contribution in [2.75, 3.05) is 19.1 Å². The number of para-hydroxylation sites is 6. The first-order valence-corrected chi connectivity index (χ1v) is 11.9. The van der Waals surface area contributed by atoms with Crippen LogP contribution < -0.4 is 14.4 Å². The van der Waals surface area contributed by atoms with Crippen LogP contribution in [0.25, 0.3) is 27.5 Å². The Hall–Kier alpha value is -4.70. The van der Waals surface area contributed by atoms with Crippen LogP contribution in [0, 0.1) is 0 Å². The molecule has 1 heterocycles. The molecular weight excluding hydrogens is 444 g/mol. The number of rotatable bonds is 6. The van der Waals surface area contributed by atoms with Gasteiger partial charge in [0, 0.05) is 22.1 Å². The maximum atomic E-state index is 5.78. The molecule has 0 aliphatic rings. The van der Waals surface area contributed by atoms with Crippen molar-refractivity contribution < 1.29 is 9.47 Å². The normalized spacial score (nSPS) is 11.1. The molecule has 5 aromatic carbocycles. The van der Waals surface area contributed by atoms with Crippen LogP contribution in [0.1, 0.15) is 0 Å². The van der Waals surface area contributed by atoms with Gasteiger partial charge in [-0.05, 0) is 60.7 Å². The largest absolute Gasteiger partial charge is 0.495 e. The lowest BCUT2D eigenvalue weighted by molar-refractivity contribution is 0.412. The zero-order valence-corrected chi connectivity index (χ0v) is 20.3. The number of methoxy groups -OCH3 is 2. The van der Waals surface area contributed by atoms with Crippen LogP contribution in [0.2, 0.25) is 0 Å². The highest BCUT2D eigenvalue weighted by atomic mass is 16.5. The fourth-order valence-electron chi connectivity index (χ4n) is 4.99. The maximum absolute atomic E-state index is 5.78. The standard InChI is InChI=1S/C32H26N2O2/c1-35-31-18-10-8-16-29(31)34(30-17-9-11-19-32(30)36-2)24-20-21-28-26(22-24)25-14-6-7-15-27(25)33(28)23-12-4-3-5-13-23/h3-22H,1-2H3. The molecule has 0 spiro atoms. The van der Waals surface area contributed by atoms with E-state index >= 15 is 0 Å². The summed E-state index contributed by atoms with van der Waals surface area (Å²) >= 11 is 0. The van der Waals surface area contributed by atoms with Gasteiger partial charge >= 0.3 is 0 Å². The Morgan fingerprint density at radius 1 is 0.528 bits per heavy atom. The van der Waals surface area contributed by atoms with E-state index in [-0.39, 0.29) is 0 Å². The Labute approximate surface area is 210 Å². The van der Waals surface area contributed by atoms with Crippen LogP contribution in [0.3, 0.4) is 0 Å². The second-order valence-electron chi connectivity index (χ2n) is 8.57. The summed E-state index contributed by atoms with van der Waals surface area (Å²) < 4.78 is 13.9. The third-order valence-corrected chi connectivity index (χ3v) is 6.58. The van der Waals surface area contributed by atoms with Crippen molar-refractivity contribution in [1.29, 1.82) is 0 Å². The smallest absolute Gasteiger partial charge is 0.142 e. The molecule has 0 N–H and O–H groups in total. The quantitative estimate of drug-likeness (QED) is 0.245. The molecular formula is C32H26N2O2. The number of anilines is 3. The third kappa shape index (κ3) is 3.55. The van der Waals surface area contributed by atoms with Gasteiger partial charge in [0.25, 0.3) is 0 Å². The lowest BCUT2D eigenvalue weighted by Gasteiger charge is -2.28. The van der Waals surface area contributed by atoms with Gasteiger partial charge < -0.3 is 18.9 Å². The summed E-state index contributed by atoms with van der Waals surface area (Å²) in [6.45, 7) is 0. The van der Waals surface area contributed by atoms with Gasteiger partial charge in [-0.15, -0.1) is 0 Å². The van der Waals surface area contributed by atoms with Gasteiger partial charge in [0.15, 0.2) is 0 Å². The van der Waals surface area contributed by atoms with E-state index in [0.717, 1.165) is 39.8 Å². The molecule has 0 amide bonds. The van der Waals surface area contributed by atoms with Crippen LogP contribution in [-0.4, -0.2) is 18.8 Å². The van der Waals surface area contributed by atoms with E-state index in [1.54, 1.807) is 14.2 Å². The van der Waals surface area contributed by atoms with Crippen LogP contribution in [0.15, 0.2) is 121 Å². The summed E-state index contributed by atoms with van der Waals surface area (Å²) in [6.07, 6.45) is 0. The summed E-state index contributed by atoms with van der Waals surface area (Å²) in [5, 5.41) is 2.39. The predicted octanol–water partition coefficient (Wildman–Crippen LogP) is 8.27. The molecule has 0 atom stereocenters. The van der Waals surface area contributed by atoms with Crippen molar-refractivity contribution in [1.82, 2.24) is 4.57 Å². The first kappa shape index (κ1) is 21.8. The maximum Gasteiger partial charge on any atom is 0.142 e. The predicted molar refractivity (Wildman–Crippen MR) is 149 cm³/mol. The molecule has 0 radical (unpaired) electrons. The molecule has 36 heavy (non-hydrogen) atoms. The zero-order chi connectivity index (χ0) is 24.5. The van der Waals surface area contributed by atoms with Gasteiger partial charge in [-0.25, -0.2) is 0 Å². The van der Waals surface area contributed by atoms with Crippen molar-refractivity contribution in [2.45, 2.75) is 0 Å². The fourth-order valence-corrected chi connectivity index (χ4v) is 4.99. The molecule has 1 aromatic heterocycles. The van der Waals surface area contributed by atoms with Crippen LogP contribution in [0.5, 0.6) is 11.5 Å². The summed E-state index contributed by atoms with van der Waals surface area (Å²) in [6, 6.07) is 41.8. The molecule has 4 nitrogen and oxygen atoms in total. The molecule has 0 unspecified atom stereocenters. The number of benzene rings is 5. The molecule has 0 bridgehead atoms. The molecule has 176 valence electrons. The lowest BCUT2D eigenvalue weighted by Crippen LogP contribution is -2.12. The summed E-state index contributed by atoms with van der Waals surface area (Å²) in [7, 11) is 3.41. The first-order valence-electron chi connectivity index (χ1n) is 11.9. The number of ether oxygens (including phenoxy) is 2. The van der Waals surface area contributed by atoms with Crippen molar-refractivity contribution in [2.24, 2.45) is 0 Å². The van der Waals surface area contributed by atoms with Crippen molar-refractivity contribution in [3.63, 3.8) is 0 Å². The van der Waals surface area contributed by atoms with Gasteiger partial charge in [-0.2, -0.15) is 0 Å². The Balaban J connectivity index is 1.65. The van der Waals surface area contributed by atoms with E-state index in [1.807, 2.05) is 42.5 Å². The van der Waals surface area contributed by atoms with E-state index < -0.39 is 0 Å². The van der Waals surface area contributed by atoms with Gasteiger partial charge in [0.05, 0.1) is 36.6 Å². The van der Waals surface area contributed by atoms with Crippen molar-refractivity contribution >= 4 is 38.9 Å². The van der Waals surface area contributed by atoms with Gasteiger partial charge in [0.1, 0.15) is 11.5 Å². The average Bonchev–Trinajstić information content (AvgIpc) is 3.28. The highest BCUT2D eigenvalue weighted by Gasteiger charge is 2.21. The lowest BCUT2D eigenvalue weighted by atomic mass is 10.1. The van der Waals surface area contributed by atoms with E-state index in [9.17, 15) is 0 Å². The molecule has 0 aliphatic heterocycles. The average molecular weight is 471 g/mol. The minimum absolute atomic E-state index is 0.787. The zero-order valence-electron chi connectivity index (χ0n) is 20.3. The summed E-state index contributed by atoms with van der Waals surface area (Å²) in [4.78, 5) is 2.20. The molecule has 4 heteroatoms. The number of hydrogen-bond donors (Lipinski definition) is 0.